The van der Waals surface area contributed by atoms with Crippen LogP contribution in [-0.4, -0.2) is 57.2 Å². The minimum absolute atomic E-state index is 0.0561. The maximum absolute atomic E-state index is 12.2. The molecule has 2 aromatic heterocycles. The number of aryl methyl sites for hydroxylation is 1. The summed E-state index contributed by atoms with van der Waals surface area (Å²) in [6, 6.07) is -0.0561. The standard InChI is InChI=1S/C14H19N5O3S2/c1-9-16-14(19-18-9)24-7-13(20)17-11-2-3-21-5-12(11)22-4-10-6-23-8-15-10/h6,8,11-12H,2-5,7H2,1H3,(H,17,20)(H,16,18,19)/t11-,12-/m1/s1. The average Bonchev–Trinajstić information content (AvgIpc) is 3.24. The van der Waals surface area contributed by atoms with Crippen LogP contribution >= 0.6 is 23.1 Å². The monoisotopic (exact) mass is 369 g/mol. The van der Waals surface area contributed by atoms with Crippen LogP contribution in [0.15, 0.2) is 16.0 Å². The van der Waals surface area contributed by atoms with Gasteiger partial charge in [0.1, 0.15) is 11.9 Å². The third-order valence-corrected chi connectivity index (χ3v) is 4.97. The first kappa shape index (κ1) is 17.3. The van der Waals surface area contributed by atoms with Gasteiger partial charge in [-0.2, -0.15) is 0 Å². The van der Waals surface area contributed by atoms with Crippen molar-refractivity contribution in [2.75, 3.05) is 19.0 Å². The maximum Gasteiger partial charge on any atom is 0.230 e. The van der Waals surface area contributed by atoms with Crippen molar-refractivity contribution in [2.24, 2.45) is 0 Å². The molecule has 0 aliphatic carbocycles. The first-order chi connectivity index (χ1) is 11.7. The summed E-state index contributed by atoms with van der Waals surface area (Å²) in [5.41, 5.74) is 2.67. The summed E-state index contributed by atoms with van der Waals surface area (Å²) in [7, 11) is 0. The quantitative estimate of drug-likeness (QED) is 0.706. The highest BCUT2D eigenvalue weighted by molar-refractivity contribution is 7.99. The Balaban J connectivity index is 1.46. The number of aromatic nitrogens is 4. The Morgan fingerprint density at radius 3 is 3.29 bits per heavy atom. The molecule has 130 valence electrons. The zero-order chi connectivity index (χ0) is 16.8. The van der Waals surface area contributed by atoms with Crippen LogP contribution in [0, 0.1) is 6.92 Å². The van der Waals surface area contributed by atoms with Crippen LogP contribution in [0.4, 0.5) is 0 Å². The van der Waals surface area contributed by atoms with E-state index >= 15 is 0 Å². The maximum atomic E-state index is 12.2. The molecule has 0 spiro atoms. The molecule has 8 nitrogen and oxygen atoms in total. The van der Waals surface area contributed by atoms with E-state index in [-0.39, 0.29) is 23.8 Å². The SMILES string of the molecule is Cc1nc(SCC(=O)N[C@@H]2CCOC[C@H]2OCc2cscn2)n[nH]1. The molecule has 0 aromatic carbocycles. The van der Waals surface area contributed by atoms with Crippen molar-refractivity contribution in [3.8, 4) is 0 Å². The van der Waals surface area contributed by atoms with Crippen LogP contribution in [-0.2, 0) is 20.9 Å². The van der Waals surface area contributed by atoms with E-state index in [2.05, 4.69) is 25.5 Å². The van der Waals surface area contributed by atoms with Gasteiger partial charge in [-0.15, -0.1) is 16.4 Å². The summed E-state index contributed by atoms with van der Waals surface area (Å²) in [6.45, 7) is 3.34. The normalized spacial score (nSPS) is 20.9. The molecule has 1 aliphatic heterocycles. The van der Waals surface area contributed by atoms with Crippen molar-refractivity contribution in [1.29, 1.82) is 0 Å². The summed E-state index contributed by atoms with van der Waals surface area (Å²) in [5, 5.41) is 12.3. The van der Waals surface area contributed by atoms with Gasteiger partial charge in [0.2, 0.25) is 11.1 Å². The van der Waals surface area contributed by atoms with Crippen molar-refractivity contribution >= 4 is 29.0 Å². The van der Waals surface area contributed by atoms with Crippen LogP contribution in [0.25, 0.3) is 0 Å². The molecule has 2 N–H and O–H groups in total. The van der Waals surface area contributed by atoms with E-state index in [1.807, 2.05) is 12.3 Å². The van der Waals surface area contributed by atoms with Crippen LogP contribution in [0.1, 0.15) is 17.9 Å². The zero-order valence-corrected chi connectivity index (χ0v) is 14.9. The lowest BCUT2D eigenvalue weighted by Crippen LogP contribution is -2.50. The van der Waals surface area contributed by atoms with Gasteiger partial charge in [-0.1, -0.05) is 11.8 Å². The third-order valence-electron chi connectivity index (χ3n) is 3.49. The Hall–Kier alpha value is -1.49. The topological polar surface area (TPSA) is 102 Å². The first-order valence-corrected chi connectivity index (χ1v) is 9.51. The predicted molar refractivity (Wildman–Crippen MR) is 89.9 cm³/mol. The van der Waals surface area contributed by atoms with Gasteiger partial charge in [0.05, 0.1) is 36.2 Å². The van der Waals surface area contributed by atoms with Crippen LogP contribution in [0.5, 0.6) is 0 Å². The van der Waals surface area contributed by atoms with Crippen molar-refractivity contribution < 1.29 is 14.3 Å². The molecule has 3 rings (SSSR count). The number of thioether (sulfide) groups is 1. The van der Waals surface area contributed by atoms with E-state index in [4.69, 9.17) is 9.47 Å². The number of carbonyl (C=O) groups excluding carboxylic acids is 1. The molecule has 0 radical (unpaired) electrons. The van der Waals surface area contributed by atoms with Gasteiger partial charge in [-0.05, 0) is 13.3 Å². The molecule has 1 saturated heterocycles. The highest BCUT2D eigenvalue weighted by Gasteiger charge is 2.28. The zero-order valence-electron chi connectivity index (χ0n) is 13.2. The number of amides is 1. The molecule has 0 unspecified atom stereocenters. The highest BCUT2D eigenvalue weighted by atomic mass is 32.2. The number of carbonyl (C=O) groups is 1. The van der Waals surface area contributed by atoms with Crippen molar-refractivity contribution in [3.05, 3.63) is 22.4 Å². The lowest BCUT2D eigenvalue weighted by Gasteiger charge is -2.31. The molecule has 2 atom stereocenters. The lowest BCUT2D eigenvalue weighted by molar-refractivity contribution is -0.124. The molecule has 0 saturated carbocycles. The number of ether oxygens (including phenoxy) is 2. The molecular weight excluding hydrogens is 350 g/mol. The Bertz CT molecular complexity index is 649. The number of rotatable bonds is 7. The van der Waals surface area contributed by atoms with Gasteiger partial charge >= 0.3 is 0 Å². The summed E-state index contributed by atoms with van der Waals surface area (Å²) in [4.78, 5) is 20.5. The molecular formula is C14H19N5O3S2. The summed E-state index contributed by atoms with van der Waals surface area (Å²) < 4.78 is 11.3. The highest BCUT2D eigenvalue weighted by Crippen LogP contribution is 2.16. The second-order valence-electron chi connectivity index (χ2n) is 5.36. The first-order valence-electron chi connectivity index (χ1n) is 7.58. The largest absolute Gasteiger partial charge is 0.379 e. The molecule has 1 amide bonds. The van der Waals surface area contributed by atoms with Crippen molar-refractivity contribution in [1.82, 2.24) is 25.5 Å². The molecule has 3 heterocycles. The number of hydrogen-bond donors (Lipinski definition) is 2. The van der Waals surface area contributed by atoms with E-state index in [1.54, 1.807) is 5.51 Å². The lowest BCUT2D eigenvalue weighted by atomic mass is 10.1. The minimum atomic E-state index is -0.167. The molecule has 10 heteroatoms. The average molecular weight is 369 g/mol. The second kappa shape index (κ2) is 8.56. The van der Waals surface area contributed by atoms with Gasteiger partial charge in [-0.25, -0.2) is 9.97 Å². The van der Waals surface area contributed by atoms with Crippen LogP contribution in [0.2, 0.25) is 0 Å². The summed E-state index contributed by atoms with van der Waals surface area (Å²) in [5.74, 6) is 0.947. The fourth-order valence-electron chi connectivity index (χ4n) is 2.31. The minimum Gasteiger partial charge on any atom is -0.379 e. The van der Waals surface area contributed by atoms with Crippen molar-refractivity contribution in [2.45, 2.75) is 37.3 Å². The number of aromatic amines is 1. The molecule has 1 fully saturated rings. The summed E-state index contributed by atoms with van der Waals surface area (Å²) in [6.07, 6.45) is 0.568. The Morgan fingerprint density at radius 1 is 1.62 bits per heavy atom. The number of H-pyrrole nitrogens is 1. The Labute approximate surface area is 147 Å². The fraction of sp³-hybridized carbons (Fsp3) is 0.571. The molecule has 1 aliphatic rings. The predicted octanol–water partition coefficient (Wildman–Crippen LogP) is 1.15. The van der Waals surface area contributed by atoms with Gasteiger partial charge < -0.3 is 14.8 Å². The Morgan fingerprint density at radius 2 is 2.54 bits per heavy atom. The van der Waals surface area contributed by atoms with Gasteiger partial charge in [0, 0.05) is 12.0 Å². The van der Waals surface area contributed by atoms with E-state index in [0.29, 0.717) is 25.0 Å². The molecule has 2 aromatic rings. The fourth-order valence-corrected chi connectivity index (χ4v) is 3.51. The second-order valence-corrected chi connectivity index (χ2v) is 7.02. The molecule has 24 heavy (non-hydrogen) atoms. The van der Waals surface area contributed by atoms with E-state index in [0.717, 1.165) is 17.9 Å². The third kappa shape index (κ3) is 5.00. The number of nitrogens with one attached hydrogen (secondary N) is 2. The number of nitrogens with zero attached hydrogens (tertiary/aromatic N) is 3. The number of thiazole rings is 1. The van der Waals surface area contributed by atoms with E-state index in [1.165, 1.54) is 23.1 Å². The summed E-state index contributed by atoms with van der Waals surface area (Å²) >= 11 is 2.84. The van der Waals surface area contributed by atoms with Crippen LogP contribution in [0.3, 0.4) is 0 Å². The van der Waals surface area contributed by atoms with E-state index in [9.17, 15) is 4.79 Å². The Kier molecular flexibility index (Phi) is 6.18. The van der Waals surface area contributed by atoms with E-state index < -0.39 is 0 Å². The smallest absolute Gasteiger partial charge is 0.230 e. The van der Waals surface area contributed by atoms with Crippen molar-refractivity contribution in [3.63, 3.8) is 0 Å². The van der Waals surface area contributed by atoms with Crippen LogP contribution < -0.4 is 5.32 Å². The molecule has 0 bridgehead atoms. The van der Waals surface area contributed by atoms with Gasteiger partial charge in [0.15, 0.2) is 0 Å². The number of hydrogen-bond acceptors (Lipinski definition) is 8. The van der Waals surface area contributed by atoms with Gasteiger partial charge in [0.25, 0.3) is 0 Å². The van der Waals surface area contributed by atoms with Gasteiger partial charge in [-0.3, -0.25) is 9.89 Å².